The van der Waals surface area contributed by atoms with Crippen LogP contribution in [0.1, 0.15) is 25.5 Å². The molecule has 0 amide bonds. The van der Waals surface area contributed by atoms with Crippen molar-refractivity contribution in [3.05, 3.63) is 23.5 Å². The van der Waals surface area contributed by atoms with Gasteiger partial charge in [-0.3, -0.25) is 4.79 Å². The second-order valence-corrected chi connectivity index (χ2v) is 4.62. The zero-order chi connectivity index (χ0) is 14.1. The third-order valence-electron chi connectivity index (χ3n) is 2.96. The van der Waals surface area contributed by atoms with Crippen LogP contribution in [0.4, 0.5) is 10.1 Å². The minimum absolute atomic E-state index is 0.0721. The molecule has 5 nitrogen and oxygen atoms in total. The van der Waals surface area contributed by atoms with Gasteiger partial charge in [-0.15, -0.1) is 0 Å². The van der Waals surface area contributed by atoms with Crippen molar-refractivity contribution in [1.82, 2.24) is 0 Å². The van der Waals surface area contributed by atoms with Crippen LogP contribution >= 0.6 is 0 Å². The third-order valence-corrected chi connectivity index (χ3v) is 2.96. The number of carbonyl (C=O) groups excluding carboxylic acids is 1. The number of hydrogen-bond acceptors (Lipinski definition) is 5. The molecule has 100 valence electrons. The maximum Gasteiger partial charge on any atom is 0.313 e. The van der Waals surface area contributed by atoms with Crippen LogP contribution in [-0.2, 0) is 9.53 Å². The number of ether oxygens (including phenoxy) is 1. The van der Waals surface area contributed by atoms with Gasteiger partial charge in [0, 0.05) is 17.7 Å². The van der Waals surface area contributed by atoms with E-state index in [1.807, 2.05) is 0 Å². The predicted molar refractivity (Wildman–Crippen MR) is 65.2 cm³/mol. The third kappa shape index (κ3) is 2.38. The number of halogens is 1. The van der Waals surface area contributed by atoms with E-state index in [1.54, 1.807) is 13.8 Å². The highest BCUT2D eigenvalue weighted by Crippen LogP contribution is 2.39. The van der Waals surface area contributed by atoms with Crippen LogP contribution in [0, 0.1) is 11.2 Å². The van der Waals surface area contributed by atoms with Crippen molar-refractivity contribution in [3.63, 3.8) is 0 Å². The van der Waals surface area contributed by atoms with Gasteiger partial charge in [-0.25, -0.2) is 4.39 Å². The number of nitrogen functional groups attached to an aromatic ring is 1. The van der Waals surface area contributed by atoms with E-state index in [9.17, 15) is 14.3 Å². The second-order valence-electron chi connectivity index (χ2n) is 4.62. The summed E-state index contributed by atoms with van der Waals surface area (Å²) in [5.74, 6) is -1.51. The van der Waals surface area contributed by atoms with Crippen molar-refractivity contribution in [2.24, 2.45) is 11.1 Å². The summed E-state index contributed by atoms with van der Waals surface area (Å²) in [6, 6.07) is 1.10. The van der Waals surface area contributed by atoms with Crippen LogP contribution in [0.5, 0.6) is 5.75 Å². The van der Waals surface area contributed by atoms with Gasteiger partial charge in [0.25, 0.3) is 0 Å². The smallest absolute Gasteiger partial charge is 0.313 e. The average Bonchev–Trinajstić information content (AvgIpc) is 2.31. The van der Waals surface area contributed by atoms with Crippen LogP contribution in [0.25, 0.3) is 0 Å². The SMILES string of the molecule is COC(=O)C(C)(C)[C@@H](N)c1cc(F)cc(N)c1O. The molecule has 0 saturated carbocycles. The maximum absolute atomic E-state index is 13.3. The van der Waals surface area contributed by atoms with Gasteiger partial charge in [0.1, 0.15) is 11.6 Å². The van der Waals surface area contributed by atoms with Crippen molar-refractivity contribution in [2.45, 2.75) is 19.9 Å². The van der Waals surface area contributed by atoms with E-state index >= 15 is 0 Å². The number of aromatic hydroxyl groups is 1. The lowest BCUT2D eigenvalue weighted by atomic mass is 9.80. The molecule has 0 heterocycles. The number of rotatable bonds is 3. The molecule has 0 aromatic heterocycles. The van der Waals surface area contributed by atoms with E-state index in [-0.39, 0.29) is 17.0 Å². The number of benzene rings is 1. The summed E-state index contributed by atoms with van der Waals surface area (Å²) < 4.78 is 17.9. The van der Waals surface area contributed by atoms with Gasteiger partial charge < -0.3 is 21.3 Å². The first-order chi connectivity index (χ1) is 8.21. The van der Waals surface area contributed by atoms with Gasteiger partial charge in [-0.1, -0.05) is 0 Å². The Morgan fingerprint density at radius 3 is 2.56 bits per heavy atom. The number of methoxy groups -OCH3 is 1. The molecule has 0 aliphatic heterocycles. The molecular weight excluding hydrogens is 239 g/mol. The van der Waals surface area contributed by atoms with Gasteiger partial charge in [0.15, 0.2) is 0 Å². The monoisotopic (exact) mass is 256 g/mol. The minimum atomic E-state index is -1.12. The molecule has 0 aliphatic carbocycles. The molecule has 0 aliphatic rings. The van der Waals surface area contributed by atoms with Crippen molar-refractivity contribution >= 4 is 11.7 Å². The molecule has 0 spiro atoms. The number of phenols is 1. The van der Waals surface area contributed by atoms with Crippen molar-refractivity contribution in [1.29, 1.82) is 0 Å². The first-order valence-electron chi connectivity index (χ1n) is 5.33. The first-order valence-corrected chi connectivity index (χ1v) is 5.33. The van der Waals surface area contributed by atoms with E-state index in [1.165, 1.54) is 7.11 Å². The Labute approximate surface area is 105 Å². The Hall–Kier alpha value is -1.82. The number of nitrogens with two attached hydrogens (primary N) is 2. The molecule has 0 saturated heterocycles. The standard InChI is InChI=1S/C12H17FN2O3/c1-12(2,11(17)18-3)10(15)7-4-6(13)5-8(14)9(7)16/h4-5,10,16H,14-15H2,1-3H3/t10-/m0/s1. The maximum atomic E-state index is 13.3. The number of carbonyl (C=O) groups is 1. The zero-order valence-electron chi connectivity index (χ0n) is 10.5. The lowest BCUT2D eigenvalue weighted by molar-refractivity contribution is -0.152. The molecule has 18 heavy (non-hydrogen) atoms. The molecule has 1 aromatic carbocycles. The largest absolute Gasteiger partial charge is 0.505 e. The van der Waals surface area contributed by atoms with E-state index in [2.05, 4.69) is 4.74 Å². The first kappa shape index (κ1) is 14.2. The quantitative estimate of drug-likeness (QED) is 0.430. The fourth-order valence-electron chi connectivity index (χ4n) is 1.66. The Bertz CT molecular complexity index is 475. The lowest BCUT2D eigenvalue weighted by Crippen LogP contribution is -2.37. The fraction of sp³-hybridized carbons (Fsp3) is 0.417. The molecule has 0 bridgehead atoms. The number of hydrogen-bond donors (Lipinski definition) is 3. The summed E-state index contributed by atoms with van der Waals surface area (Å²) in [6.45, 7) is 3.09. The Morgan fingerprint density at radius 2 is 2.06 bits per heavy atom. The van der Waals surface area contributed by atoms with Gasteiger partial charge >= 0.3 is 5.97 Å². The van der Waals surface area contributed by atoms with E-state index < -0.39 is 23.2 Å². The number of anilines is 1. The van der Waals surface area contributed by atoms with E-state index in [0.29, 0.717) is 0 Å². The van der Waals surface area contributed by atoms with Crippen molar-refractivity contribution in [2.75, 3.05) is 12.8 Å². The minimum Gasteiger partial charge on any atom is -0.505 e. The zero-order valence-corrected chi connectivity index (χ0v) is 10.5. The molecule has 6 heteroatoms. The highest BCUT2D eigenvalue weighted by Gasteiger charge is 2.38. The van der Waals surface area contributed by atoms with Crippen LogP contribution in [0.15, 0.2) is 12.1 Å². The summed E-state index contributed by atoms with van der Waals surface area (Å²) in [6.07, 6.45) is 0. The predicted octanol–water partition coefficient (Wildman–Crippen LogP) is 1.31. The molecule has 0 unspecified atom stereocenters. The topological polar surface area (TPSA) is 98.6 Å². The molecule has 0 fully saturated rings. The molecule has 0 radical (unpaired) electrons. The van der Waals surface area contributed by atoms with E-state index in [0.717, 1.165) is 12.1 Å². The van der Waals surface area contributed by atoms with Crippen molar-refractivity contribution < 1.29 is 19.0 Å². The van der Waals surface area contributed by atoms with Crippen LogP contribution in [0.3, 0.4) is 0 Å². The highest BCUT2D eigenvalue weighted by molar-refractivity contribution is 5.77. The van der Waals surface area contributed by atoms with E-state index in [4.69, 9.17) is 11.5 Å². The summed E-state index contributed by atoms with van der Waals surface area (Å²) in [5, 5.41) is 9.79. The van der Waals surface area contributed by atoms with Crippen molar-refractivity contribution in [3.8, 4) is 5.75 Å². The number of esters is 1. The summed E-state index contributed by atoms with van der Waals surface area (Å²) in [7, 11) is 1.23. The van der Waals surface area contributed by atoms with Gasteiger partial charge in [-0.05, 0) is 19.9 Å². The molecule has 5 N–H and O–H groups in total. The van der Waals surface area contributed by atoms with Crippen LogP contribution < -0.4 is 11.5 Å². The van der Waals surface area contributed by atoms with Gasteiger partial charge in [-0.2, -0.15) is 0 Å². The molecule has 1 rings (SSSR count). The van der Waals surface area contributed by atoms with Gasteiger partial charge in [0.2, 0.25) is 0 Å². The van der Waals surface area contributed by atoms with Crippen LogP contribution in [-0.4, -0.2) is 18.2 Å². The fourth-order valence-corrected chi connectivity index (χ4v) is 1.66. The summed E-state index contributed by atoms with van der Waals surface area (Å²) in [5.41, 5.74) is 10.2. The normalized spacial score (nSPS) is 13.2. The summed E-state index contributed by atoms with van der Waals surface area (Å²) >= 11 is 0. The summed E-state index contributed by atoms with van der Waals surface area (Å²) in [4.78, 5) is 11.6. The Kier molecular flexibility index (Phi) is 3.81. The lowest BCUT2D eigenvalue weighted by Gasteiger charge is -2.29. The molecule has 1 aromatic rings. The average molecular weight is 256 g/mol. The Balaban J connectivity index is 3.26. The highest BCUT2D eigenvalue weighted by atomic mass is 19.1. The van der Waals surface area contributed by atoms with Crippen LogP contribution in [0.2, 0.25) is 0 Å². The molecular formula is C12H17FN2O3. The number of phenolic OH excluding ortho intramolecular Hbond substituents is 1. The van der Waals surface area contributed by atoms with Gasteiger partial charge in [0.05, 0.1) is 18.2 Å². The second kappa shape index (κ2) is 4.81. The Morgan fingerprint density at radius 1 is 1.50 bits per heavy atom. The molecule has 1 atom stereocenters.